The van der Waals surface area contributed by atoms with Gasteiger partial charge in [0, 0.05) is 5.57 Å². The van der Waals surface area contributed by atoms with Crippen LogP contribution in [-0.2, 0) is 19.3 Å². The van der Waals surface area contributed by atoms with Gasteiger partial charge in [-0.2, -0.15) is 0 Å². The molecule has 0 aromatic carbocycles. The van der Waals surface area contributed by atoms with Crippen LogP contribution in [0.25, 0.3) is 0 Å². The van der Waals surface area contributed by atoms with Crippen molar-refractivity contribution in [2.45, 2.75) is 45.3 Å². The van der Waals surface area contributed by atoms with Gasteiger partial charge < -0.3 is 9.84 Å². The first kappa shape index (κ1) is 15.0. The van der Waals surface area contributed by atoms with E-state index in [1.54, 1.807) is 25.2 Å². The number of carbonyl (C=O) groups excluding carboxylic acids is 1. The summed E-state index contributed by atoms with van der Waals surface area (Å²) < 4.78 is 5.10. The van der Waals surface area contributed by atoms with E-state index in [-0.39, 0.29) is 18.7 Å². The largest absolute Gasteiger partial charge is 0.423 e. The summed E-state index contributed by atoms with van der Waals surface area (Å²) in [4.78, 5) is 22.2. The summed E-state index contributed by atoms with van der Waals surface area (Å²) in [6.45, 7) is 5.49. The van der Waals surface area contributed by atoms with Gasteiger partial charge in [0.2, 0.25) is 0 Å². The van der Waals surface area contributed by atoms with Crippen LogP contribution in [0.1, 0.15) is 33.6 Å². The number of rotatable bonds is 3. The first-order chi connectivity index (χ1) is 9.43. The summed E-state index contributed by atoms with van der Waals surface area (Å²) in [5, 5.41) is 8.87. The van der Waals surface area contributed by atoms with E-state index < -0.39 is 5.60 Å². The SMILES string of the molecule is CC1=C/C(=C/[C@@]2(C)CC[C@@H](/C(C)=C\CO)OO2)OC1=O. The molecule has 0 aromatic rings. The Morgan fingerprint density at radius 1 is 1.60 bits per heavy atom. The van der Waals surface area contributed by atoms with Crippen LogP contribution >= 0.6 is 0 Å². The van der Waals surface area contributed by atoms with Gasteiger partial charge in [-0.1, -0.05) is 6.08 Å². The van der Waals surface area contributed by atoms with E-state index in [1.807, 2.05) is 13.8 Å². The van der Waals surface area contributed by atoms with Crippen molar-refractivity contribution >= 4 is 5.97 Å². The number of allylic oxidation sites excluding steroid dienone is 1. The lowest BCUT2D eigenvalue weighted by atomic mass is 9.93. The fourth-order valence-corrected chi connectivity index (χ4v) is 2.21. The van der Waals surface area contributed by atoms with Crippen LogP contribution in [0.2, 0.25) is 0 Å². The number of ether oxygens (including phenoxy) is 1. The van der Waals surface area contributed by atoms with E-state index in [4.69, 9.17) is 19.6 Å². The van der Waals surface area contributed by atoms with Crippen molar-refractivity contribution in [3.63, 3.8) is 0 Å². The molecule has 2 aliphatic rings. The van der Waals surface area contributed by atoms with E-state index in [9.17, 15) is 4.79 Å². The third-order valence-electron chi connectivity index (χ3n) is 3.52. The van der Waals surface area contributed by atoms with Gasteiger partial charge in [0.05, 0.1) is 6.61 Å². The van der Waals surface area contributed by atoms with Crippen LogP contribution in [0.15, 0.2) is 35.1 Å². The molecular weight excluding hydrogens is 260 g/mol. The first-order valence-corrected chi connectivity index (χ1v) is 6.69. The molecule has 2 heterocycles. The minimum absolute atomic E-state index is 0.00691. The number of aliphatic hydroxyl groups excluding tert-OH is 1. The number of hydrogen-bond acceptors (Lipinski definition) is 5. The second-order valence-corrected chi connectivity index (χ2v) is 5.41. The lowest BCUT2D eigenvalue weighted by Crippen LogP contribution is -2.36. The molecule has 2 atom stereocenters. The fraction of sp³-hybridized carbons (Fsp3) is 0.533. The Hall–Kier alpha value is -1.43. The van der Waals surface area contributed by atoms with E-state index in [2.05, 4.69) is 0 Å². The van der Waals surface area contributed by atoms with E-state index >= 15 is 0 Å². The predicted molar refractivity (Wildman–Crippen MR) is 72.4 cm³/mol. The Bertz CT molecular complexity index is 478. The van der Waals surface area contributed by atoms with Crippen LogP contribution < -0.4 is 0 Å². The fourth-order valence-electron chi connectivity index (χ4n) is 2.21. The van der Waals surface area contributed by atoms with Crippen molar-refractivity contribution in [1.82, 2.24) is 0 Å². The summed E-state index contributed by atoms with van der Waals surface area (Å²) in [7, 11) is 0. The second kappa shape index (κ2) is 5.91. The summed E-state index contributed by atoms with van der Waals surface area (Å²) in [6, 6.07) is 0. The molecule has 0 amide bonds. The van der Waals surface area contributed by atoms with Crippen molar-refractivity contribution in [3.8, 4) is 0 Å². The normalized spacial score (nSPS) is 33.3. The van der Waals surface area contributed by atoms with Crippen molar-refractivity contribution in [3.05, 3.63) is 35.1 Å². The summed E-state index contributed by atoms with van der Waals surface area (Å²) >= 11 is 0. The lowest BCUT2D eigenvalue weighted by molar-refractivity contribution is -0.386. The average molecular weight is 280 g/mol. The molecule has 0 spiro atoms. The molecule has 110 valence electrons. The smallest absolute Gasteiger partial charge is 0.339 e. The Morgan fingerprint density at radius 3 is 2.85 bits per heavy atom. The predicted octanol–water partition coefficient (Wildman–Crippen LogP) is 2.18. The molecule has 20 heavy (non-hydrogen) atoms. The molecule has 2 rings (SSSR count). The van der Waals surface area contributed by atoms with Gasteiger partial charge in [-0.15, -0.1) is 0 Å². The zero-order chi connectivity index (χ0) is 14.8. The molecular formula is C15H20O5. The molecule has 1 N–H and O–H groups in total. The standard InChI is InChI=1S/C15H20O5/c1-10(5-7-16)13-4-6-15(3,20-19-13)9-12-8-11(2)14(17)18-12/h5,8-9,13,16H,4,6-7H2,1-3H3/b10-5-,12-9-/t13-,15+/m0/s1. The minimum atomic E-state index is -0.618. The number of esters is 1. The van der Waals surface area contributed by atoms with Gasteiger partial charge in [-0.05, 0) is 51.3 Å². The van der Waals surface area contributed by atoms with Crippen LogP contribution in [0.4, 0.5) is 0 Å². The highest BCUT2D eigenvalue weighted by Crippen LogP contribution is 2.32. The van der Waals surface area contributed by atoms with Gasteiger partial charge in [0.1, 0.15) is 17.5 Å². The zero-order valence-electron chi connectivity index (χ0n) is 12.0. The van der Waals surface area contributed by atoms with Gasteiger partial charge >= 0.3 is 5.97 Å². The molecule has 0 bridgehead atoms. The molecule has 1 saturated heterocycles. The zero-order valence-corrected chi connectivity index (χ0v) is 12.0. The monoisotopic (exact) mass is 280 g/mol. The van der Waals surface area contributed by atoms with E-state index in [0.717, 1.165) is 18.4 Å². The summed E-state index contributed by atoms with van der Waals surface area (Å²) in [5.41, 5.74) is 0.911. The molecule has 0 aromatic heterocycles. The Labute approximate surface area is 118 Å². The van der Waals surface area contributed by atoms with Gasteiger partial charge in [-0.25, -0.2) is 14.6 Å². The van der Waals surface area contributed by atoms with E-state index in [1.165, 1.54) is 0 Å². The highest BCUT2D eigenvalue weighted by Gasteiger charge is 2.34. The van der Waals surface area contributed by atoms with Crippen LogP contribution in [0.3, 0.4) is 0 Å². The molecule has 1 fully saturated rings. The average Bonchev–Trinajstić information content (AvgIpc) is 2.68. The number of cyclic esters (lactones) is 1. The molecule has 0 saturated carbocycles. The summed E-state index contributed by atoms with van der Waals surface area (Å²) in [6.07, 6.45) is 6.54. The highest BCUT2D eigenvalue weighted by molar-refractivity contribution is 5.92. The third kappa shape index (κ3) is 3.36. The van der Waals surface area contributed by atoms with Crippen LogP contribution in [0, 0.1) is 0 Å². The Kier molecular flexibility index (Phi) is 4.42. The quantitative estimate of drug-likeness (QED) is 0.487. The Morgan fingerprint density at radius 2 is 2.35 bits per heavy atom. The number of hydrogen-bond donors (Lipinski definition) is 1. The van der Waals surface area contributed by atoms with E-state index in [0.29, 0.717) is 11.3 Å². The molecule has 0 radical (unpaired) electrons. The number of carbonyl (C=O) groups is 1. The van der Waals surface area contributed by atoms with Crippen molar-refractivity contribution < 1.29 is 24.4 Å². The van der Waals surface area contributed by atoms with Crippen molar-refractivity contribution in [2.75, 3.05) is 6.61 Å². The lowest BCUT2D eigenvalue weighted by Gasteiger charge is -2.34. The van der Waals surface area contributed by atoms with Crippen molar-refractivity contribution in [2.24, 2.45) is 0 Å². The molecule has 5 heteroatoms. The molecule has 0 aliphatic carbocycles. The Balaban J connectivity index is 2.00. The third-order valence-corrected chi connectivity index (χ3v) is 3.52. The van der Waals surface area contributed by atoms with Gasteiger partial charge in [0.15, 0.2) is 0 Å². The molecule has 5 nitrogen and oxygen atoms in total. The highest BCUT2D eigenvalue weighted by atomic mass is 17.2. The second-order valence-electron chi connectivity index (χ2n) is 5.41. The van der Waals surface area contributed by atoms with Crippen LogP contribution in [0.5, 0.6) is 0 Å². The van der Waals surface area contributed by atoms with Gasteiger partial charge in [0.25, 0.3) is 0 Å². The topological polar surface area (TPSA) is 65.0 Å². The summed E-state index contributed by atoms with van der Waals surface area (Å²) in [5.74, 6) is 0.177. The first-order valence-electron chi connectivity index (χ1n) is 6.69. The molecule has 0 unspecified atom stereocenters. The maximum atomic E-state index is 11.3. The van der Waals surface area contributed by atoms with Crippen LogP contribution in [-0.4, -0.2) is 29.4 Å². The van der Waals surface area contributed by atoms with Gasteiger partial charge in [-0.3, -0.25) is 0 Å². The van der Waals surface area contributed by atoms with Crippen molar-refractivity contribution in [1.29, 1.82) is 0 Å². The minimum Gasteiger partial charge on any atom is -0.423 e. The number of aliphatic hydroxyl groups is 1. The molecule has 2 aliphatic heterocycles. The maximum Gasteiger partial charge on any atom is 0.339 e. The maximum absolute atomic E-state index is 11.3.